The molecule has 7 aromatic carbocycles. The molecule has 71 heavy (non-hydrogen) atoms. The molecule has 0 spiro atoms. The van der Waals surface area contributed by atoms with Gasteiger partial charge in [0, 0.05) is 21.9 Å². The summed E-state index contributed by atoms with van der Waals surface area (Å²) in [6.07, 6.45) is 0. The van der Waals surface area contributed by atoms with Crippen LogP contribution in [0, 0.1) is 0 Å². The van der Waals surface area contributed by atoms with Crippen LogP contribution in [0.25, 0.3) is 82.7 Å². The van der Waals surface area contributed by atoms with Crippen LogP contribution in [-0.2, 0) is 0 Å². The van der Waals surface area contributed by atoms with Crippen LogP contribution in [0.4, 0.5) is 0 Å². The maximum absolute atomic E-state index is 12.3. The number of hydrogen-bond donors (Lipinski definition) is 20. The third-order valence-electron chi connectivity index (χ3n) is 12.4. The van der Waals surface area contributed by atoms with Crippen LogP contribution in [-0.4, -0.2) is 169 Å². The van der Waals surface area contributed by atoms with Gasteiger partial charge >= 0.3 is 0 Å². The van der Waals surface area contributed by atoms with E-state index in [-0.39, 0.29) is 0 Å². The molecule has 0 saturated heterocycles. The number of aromatic hydroxyl groups is 19. The largest absolute Gasteiger partial charge is 0.508 e. The standard InChI is InChI=1S/C42H20B8N2O19/c43-11-2-6-21(19-5(29(58)30(6)59)1-12(44)36(65)42(71)39(68)20(1)51-19)52(22(2)34(63)16(48)15(11)47)23-7(25(54)17(49)37(66)40(23)69)3-14(46)35(64)32(61)9(24(3)53)10-26(55)13(45)4(28(57)31(10)60)8-27(56)18(50)38(67)41(70)33(8)62/h51,53-71H. The van der Waals surface area contributed by atoms with Gasteiger partial charge in [-0.1, -0.05) is 10.9 Å². The summed E-state index contributed by atoms with van der Waals surface area (Å²) < 4.78 is 0.604. The second-order valence-corrected chi connectivity index (χ2v) is 15.9. The molecule has 0 aliphatic heterocycles. The number of nitrogens with one attached hydrogen (secondary N) is 1. The molecule has 336 valence electrons. The lowest BCUT2D eigenvalue weighted by Gasteiger charge is -2.25. The van der Waals surface area contributed by atoms with Crippen LogP contribution in [0.15, 0.2) is 0 Å². The Hall–Kier alpha value is -9.14. The molecule has 29 heteroatoms. The number of phenols is 19. The van der Waals surface area contributed by atoms with E-state index < -0.39 is 236 Å². The highest BCUT2D eigenvalue weighted by Gasteiger charge is 2.38. The molecular formula is C42H20B8N2O19. The number of nitrogens with zero attached hydrogens (tertiary/aromatic N) is 1. The fourth-order valence-corrected chi connectivity index (χ4v) is 8.92. The van der Waals surface area contributed by atoms with E-state index >= 15 is 0 Å². The zero-order valence-electron chi connectivity index (χ0n) is 35.1. The first-order chi connectivity index (χ1) is 33.1. The first-order valence-electron chi connectivity index (χ1n) is 19.5. The molecule has 0 aliphatic carbocycles. The predicted octanol–water partition coefficient (Wildman–Crippen LogP) is -3.82. The highest BCUT2D eigenvalue weighted by atomic mass is 16.3. The number of H-pyrrole nitrogens is 1. The van der Waals surface area contributed by atoms with Gasteiger partial charge in [0.1, 0.15) is 97.2 Å². The summed E-state index contributed by atoms with van der Waals surface area (Å²) in [4.78, 5) is 2.64. The smallest absolute Gasteiger partial charge is 0.201 e. The van der Waals surface area contributed by atoms with Crippen LogP contribution in [0.2, 0.25) is 0 Å². The van der Waals surface area contributed by atoms with Gasteiger partial charge in [-0.25, -0.2) is 0 Å². The number of phenolic OH excluding ortho intramolecular Hbond substituents is 19. The zero-order chi connectivity index (χ0) is 52.5. The van der Waals surface area contributed by atoms with Crippen LogP contribution >= 0.6 is 0 Å². The molecule has 20 N–H and O–H groups in total. The first kappa shape index (κ1) is 46.9. The van der Waals surface area contributed by atoms with Crippen molar-refractivity contribution in [3.8, 4) is 148 Å². The fourth-order valence-electron chi connectivity index (χ4n) is 8.92. The number of hydrogen-bond acceptors (Lipinski definition) is 19. The van der Waals surface area contributed by atoms with Crippen molar-refractivity contribution in [2.45, 2.75) is 0 Å². The van der Waals surface area contributed by atoms with E-state index in [4.69, 9.17) is 62.8 Å². The van der Waals surface area contributed by atoms with Gasteiger partial charge in [0.25, 0.3) is 0 Å². The van der Waals surface area contributed by atoms with Gasteiger partial charge in [-0.3, -0.25) is 4.57 Å². The molecule has 16 radical (unpaired) electrons. The summed E-state index contributed by atoms with van der Waals surface area (Å²) >= 11 is 0. The average molecular weight is 943 g/mol. The molecule has 0 atom stereocenters. The Morgan fingerprint density at radius 3 is 1.24 bits per heavy atom. The van der Waals surface area contributed by atoms with Gasteiger partial charge in [-0.05, 0) is 27.3 Å². The molecule has 0 amide bonds. The van der Waals surface area contributed by atoms with Crippen molar-refractivity contribution < 1.29 is 97.0 Å². The number of fused-ring (bicyclic) bond motifs is 7. The first-order valence-corrected chi connectivity index (χ1v) is 19.5. The van der Waals surface area contributed by atoms with Crippen LogP contribution in [0.3, 0.4) is 0 Å². The highest BCUT2D eigenvalue weighted by molar-refractivity contribution is 6.62. The van der Waals surface area contributed by atoms with E-state index in [9.17, 15) is 97.0 Å². The van der Waals surface area contributed by atoms with Crippen molar-refractivity contribution in [2.24, 2.45) is 0 Å². The monoisotopic (exact) mass is 944 g/mol. The second kappa shape index (κ2) is 14.9. The average Bonchev–Trinajstić information content (AvgIpc) is 3.91. The summed E-state index contributed by atoms with van der Waals surface area (Å²) in [6.45, 7) is 0. The normalized spacial score (nSPS) is 11.8. The topological polar surface area (TPSA) is 405 Å². The molecule has 0 aliphatic rings. The molecule has 0 unspecified atom stereocenters. The van der Waals surface area contributed by atoms with Crippen LogP contribution < -0.4 is 43.7 Å². The van der Waals surface area contributed by atoms with Gasteiger partial charge in [-0.15, -0.1) is 5.46 Å². The fraction of sp³-hybridized carbons (Fsp3) is 0. The van der Waals surface area contributed by atoms with Crippen molar-refractivity contribution in [1.82, 2.24) is 9.55 Å². The third kappa shape index (κ3) is 5.55. The number of aromatic nitrogens is 2. The third-order valence-corrected chi connectivity index (χ3v) is 12.4. The van der Waals surface area contributed by atoms with E-state index in [1.54, 1.807) is 0 Å². The molecule has 0 fully saturated rings. The Kier molecular flexibility index (Phi) is 9.87. The Labute approximate surface area is 403 Å². The molecular weight excluding hydrogens is 923 g/mol. The zero-order valence-corrected chi connectivity index (χ0v) is 35.1. The minimum atomic E-state index is -1.64. The van der Waals surface area contributed by atoms with Crippen molar-refractivity contribution in [3.05, 3.63) is 0 Å². The van der Waals surface area contributed by atoms with E-state index in [0.717, 1.165) is 0 Å². The van der Waals surface area contributed by atoms with E-state index in [1.165, 1.54) is 0 Å². The molecule has 0 saturated carbocycles. The number of aromatic amines is 1. The summed E-state index contributed by atoms with van der Waals surface area (Å²) in [6, 6.07) is 0. The SMILES string of the molecule is [B]c1c(O)c(O)c(O)c(-c2c([B])c(O)c(-c3c(O)c(O)c([B])c(-c4c(O)c([B])c(O)c(O)c4-n4c5c(O)c([B])c([B])c([B])c5c5c(O)c(O)c6c([nH]c7c(O)c(O)c(O)c([B])c76)c54)c3O)c(O)c2O)c1O. The summed E-state index contributed by atoms with van der Waals surface area (Å²) in [7, 11) is 49.0. The molecule has 21 nitrogen and oxygen atoms in total. The van der Waals surface area contributed by atoms with Crippen LogP contribution in [0.5, 0.6) is 109 Å². The van der Waals surface area contributed by atoms with Gasteiger partial charge in [0.15, 0.2) is 69.0 Å². The summed E-state index contributed by atoms with van der Waals surface area (Å²) in [5, 5.41) is 212. The van der Waals surface area contributed by atoms with Crippen molar-refractivity contribution in [2.75, 3.05) is 0 Å². The van der Waals surface area contributed by atoms with Crippen LogP contribution in [0.1, 0.15) is 0 Å². The second-order valence-electron chi connectivity index (χ2n) is 15.9. The van der Waals surface area contributed by atoms with Gasteiger partial charge in [0.05, 0.1) is 55.1 Å². The minimum absolute atomic E-state index is 0.498. The molecule has 0 bridgehead atoms. The number of rotatable bonds is 4. The quantitative estimate of drug-likeness (QED) is 0.0457. The lowest BCUT2D eigenvalue weighted by atomic mass is 9.70. The van der Waals surface area contributed by atoms with Gasteiger partial charge < -0.3 is 102 Å². The maximum atomic E-state index is 12.3. The lowest BCUT2D eigenvalue weighted by molar-refractivity contribution is 0.365. The Morgan fingerprint density at radius 2 is 0.634 bits per heavy atom. The van der Waals surface area contributed by atoms with Crippen molar-refractivity contribution >= 4 is 150 Å². The summed E-state index contributed by atoms with van der Waals surface area (Å²) in [5.41, 5.74) is -18.2. The molecule has 2 heterocycles. The summed E-state index contributed by atoms with van der Waals surface area (Å²) in [5.74, 6) is -25.8. The van der Waals surface area contributed by atoms with E-state index in [2.05, 4.69) is 4.98 Å². The Bertz CT molecular complexity index is 3980. The van der Waals surface area contributed by atoms with E-state index in [1.807, 2.05) is 0 Å². The van der Waals surface area contributed by atoms with Gasteiger partial charge in [0.2, 0.25) is 11.5 Å². The lowest BCUT2D eigenvalue weighted by Crippen LogP contribution is -2.39. The highest BCUT2D eigenvalue weighted by Crippen LogP contribution is 2.60. The number of benzene rings is 7. The predicted molar refractivity (Wildman–Crippen MR) is 261 cm³/mol. The minimum Gasteiger partial charge on any atom is -0.508 e. The van der Waals surface area contributed by atoms with Crippen molar-refractivity contribution in [3.63, 3.8) is 0 Å². The molecule has 9 aromatic rings. The van der Waals surface area contributed by atoms with Crippen molar-refractivity contribution in [1.29, 1.82) is 0 Å². The Morgan fingerprint density at radius 1 is 0.225 bits per heavy atom. The molecule has 9 rings (SSSR count). The van der Waals surface area contributed by atoms with E-state index in [0.29, 0.717) is 4.57 Å². The molecule has 2 aromatic heterocycles. The maximum Gasteiger partial charge on any atom is 0.201 e. The Balaban J connectivity index is 1.52. The van der Waals surface area contributed by atoms with Gasteiger partial charge in [-0.2, -0.15) is 0 Å².